The standard InChI is InChI=1S/C26H44O8/c1-24(2)17-6-5-14-11-25(3,18(29)13-28)9-7-15(14)26(17,4)10-8-19(24)34-23-22(32)21(31)20(30)16(12-27)33-23/h11,15-23,27-32H,5-10,12-13H2,1-4H3/t15-,16-,17-,18+,19-,20-,21+,22-,23+,25+,26+/m1/s1. The summed E-state index contributed by atoms with van der Waals surface area (Å²) >= 11 is 0. The van der Waals surface area contributed by atoms with Crippen molar-refractivity contribution >= 4 is 0 Å². The Labute approximate surface area is 202 Å². The second-order valence-electron chi connectivity index (χ2n) is 12.3. The maximum atomic E-state index is 10.5. The summed E-state index contributed by atoms with van der Waals surface area (Å²) in [5.74, 6) is 0.801. The number of fused-ring (bicyclic) bond motifs is 3. The van der Waals surface area contributed by atoms with Gasteiger partial charge in [-0.05, 0) is 61.2 Å². The van der Waals surface area contributed by atoms with Crippen LogP contribution in [0.2, 0.25) is 0 Å². The molecule has 4 rings (SSSR count). The average molecular weight is 485 g/mol. The summed E-state index contributed by atoms with van der Waals surface area (Å²) in [6, 6.07) is 0. The Balaban J connectivity index is 1.53. The molecule has 34 heavy (non-hydrogen) atoms. The molecular weight excluding hydrogens is 440 g/mol. The molecule has 0 amide bonds. The van der Waals surface area contributed by atoms with E-state index in [1.807, 2.05) is 6.92 Å². The first-order valence-electron chi connectivity index (χ1n) is 12.9. The highest BCUT2D eigenvalue weighted by molar-refractivity contribution is 5.25. The summed E-state index contributed by atoms with van der Waals surface area (Å²) in [6.45, 7) is 8.14. The Morgan fingerprint density at radius 2 is 1.71 bits per heavy atom. The summed E-state index contributed by atoms with van der Waals surface area (Å²) in [5, 5.41) is 60.2. The minimum absolute atomic E-state index is 0.0777. The number of allylic oxidation sites excluding steroid dienone is 1. The van der Waals surface area contributed by atoms with Crippen molar-refractivity contribution in [2.24, 2.45) is 28.1 Å². The van der Waals surface area contributed by atoms with Gasteiger partial charge in [0.15, 0.2) is 6.29 Å². The van der Waals surface area contributed by atoms with E-state index in [0.29, 0.717) is 11.8 Å². The van der Waals surface area contributed by atoms with Gasteiger partial charge in [0.2, 0.25) is 0 Å². The van der Waals surface area contributed by atoms with Gasteiger partial charge in [-0.2, -0.15) is 0 Å². The second-order valence-corrected chi connectivity index (χ2v) is 12.3. The van der Waals surface area contributed by atoms with E-state index in [0.717, 1.165) is 38.5 Å². The molecule has 3 fully saturated rings. The molecule has 0 spiro atoms. The van der Waals surface area contributed by atoms with Gasteiger partial charge in [0.1, 0.15) is 24.4 Å². The van der Waals surface area contributed by atoms with E-state index < -0.39 is 43.4 Å². The van der Waals surface area contributed by atoms with Crippen LogP contribution in [-0.4, -0.2) is 86.8 Å². The lowest BCUT2D eigenvalue weighted by atomic mass is 9.45. The first-order valence-corrected chi connectivity index (χ1v) is 12.9. The maximum Gasteiger partial charge on any atom is 0.186 e. The van der Waals surface area contributed by atoms with Crippen LogP contribution in [0.1, 0.15) is 66.2 Å². The Morgan fingerprint density at radius 1 is 1.00 bits per heavy atom. The van der Waals surface area contributed by atoms with E-state index >= 15 is 0 Å². The third-order valence-electron chi connectivity index (χ3n) is 10.0. The van der Waals surface area contributed by atoms with E-state index in [-0.39, 0.29) is 29.0 Å². The van der Waals surface area contributed by atoms with Gasteiger partial charge >= 0.3 is 0 Å². The minimum Gasteiger partial charge on any atom is -0.394 e. The molecule has 0 aromatic carbocycles. The van der Waals surface area contributed by atoms with Crippen LogP contribution < -0.4 is 0 Å². The van der Waals surface area contributed by atoms with E-state index in [1.165, 1.54) is 5.57 Å². The van der Waals surface area contributed by atoms with Crippen LogP contribution >= 0.6 is 0 Å². The molecular formula is C26H44O8. The van der Waals surface area contributed by atoms with Crippen LogP contribution in [0.4, 0.5) is 0 Å². The van der Waals surface area contributed by atoms with E-state index in [4.69, 9.17) is 9.47 Å². The smallest absolute Gasteiger partial charge is 0.186 e. The van der Waals surface area contributed by atoms with Crippen LogP contribution in [0.5, 0.6) is 0 Å². The molecule has 2 saturated carbocycles. The van der Waals surface area contributed by atoms with Crippen LogP contribution in [0.3, 0.4) is 0 Å². The third kappa shape index (κ3) is 4.18. The lowest BCUT2D eigenvalue weighted by molar-refractivity contribution is -0.327. The van der Waals surface area contributed by atoms with Crippen molar-refractivity contribution in [3.63, 3.8) is 0 Å². The highest BCUT2D eigenvalue weighted by Crippen LogP contribution is 2.64. The number of rotatable bonds is 5. The van der Waals surface area contributed by atoms with E-state index in [1.54, 1.807) is 0 Å². The predicted octanol–water partition coefficient (Wildman–Crippen LogP) is 1.10. The predicted molar refractivity (Wildman–Crippen MR) is 124 cm³/mol. The lowest BCUT2D eigenvalue weighted by Crippen LogP contribution is -2.62. The van der Waals surface area contributed by atoms with Crippen molar-refractivity contribution < 1.29 is 40.1 Å². The van der Waals surface area contributed by atoms with Crippen molar-refractivity contribution in [2.75, 3.05) is 13.2 Å². The van der Waals surface area contributed by atoms with Crippen molar-refractivity contribution in [1.29, 1.82) is 0 Å². The van der Waals surface area contributed by atoms with E-state index in [9.17, 15) is 30.6 Å². The van der Waals surface area contributed by atoms with Crippen LogP contribution in [0.15, 0.2) is 11.6 Å². The van der Waals surface area contributed by atoms with E-state index in [2.05, 4.69) is 26.8 Å². The van der Waals surface area contributed by atoms with Gasteiger partial charge in [-0.15, -0.1) is 0 Å². The molecule has 196 valence electrons. The van der Waals surface area contributed by atoms with Crippen molar-refractivity contribution in [1.82, 2.24) is 0 Å². The molecule has 0 bridgehead atoms. The quantitative estimate of drug-likeness (QED) is 0.252. The highest BCUT2D eigenvalue weighted by Gasteiger charge is 2.59. The van der Waals surface area contributed by atoms with Crippen molar-refractivity contribution in [3.8, 4) is 0 Å². The van der Waals surface area contributed by atoms with Gasteiger partial charge in [0.25, 0.3) is 0 Å². The SMILES string of the molecule is CC1(C)[C@H]2CCC3=C[C@@](C)([C@@H](O)CO)CC[C@H]3[C@]2(C)CC[C@H]1O[C@@H]1O[C@H](CO)[C@@H](O)[C@H](O)[C@H]1O. The summed E-state index contributed by atoms with van der Waals surface area (Å²) in [5.41, 5.74) is 0.879. The van der Waals surface area contributed by atoms with Gasteiger partial charge in [-0.25, -0.2) is 0 Å². The highest BCUT2D eigenvalue weighted by atomic mass is 16.7. The first-order chi connectivity index (χ1) is 15.9. The number of ether oxygens (including phenoxy) is 2. The fraction of sp³-hybridized carbons (Fsp3) is 0.923. The molecule has 0 aromatic heterocycles. The monoisotopic (exact) mass is 484 g/mol. The molecule has 6 N–H and O–H groups in total. The van der Waals surface area contributed by atoms with Crippen LogP contribution in [-0.2, 0) is 9.47 Å². The minimum atomic E-state index is -1.44. The number of hydrogen-bond acceptors (Lipinski definition) is 8. The van der Waals surface area contributed by atoms with Crippen molar-refractivity contribution in [3.05, 3.63) is 11.6 Å². The third-order valence-corrected chi connectivity index (χ3v) is 10.0. The summed E-state index contributed by atoms with van der Waals surface area (Å²) in [6.07, 6.45) is 0.468. The topological polar surface area (TPSA) is 140 Å². The molecule has 1 aliphatic heterocycles. The van der Waals surface area contributed by atoms with Gasteiger partial charge in [-0.1, -0.05) is 39.3 Å². The fourth-order valence-electron chi connectivity index (χ4n) is 7.79. The maximum absolute atomic E-state index is 10.5. The zero-order valence-corrected chi connectivity index (χ0v) is 20.9. The summed E-state index contributed by atoms with van der Waals surface area (Å²) in [7, 11) is 0. The Kier molecular flexibility index (Phi) is 7.30. The Hall–Kier alpha value is -0.580. The summed E-state index contributed by atoms with van der Waals surface area (Å²) < 4.78 is 11.9. The van der Waals surface area contributed by atoms with Gasteiger partial charge in [-0.3, -0.25) is 0 Å². The molecule has 1 heterocycles. The zero-order valence-electron chi connectivity index (χ0n) is 20.9. The first kappa shape index (κ1) is 26.5. The van der Waals surface area contributed by atoms with Crippen molar-refractivity contribution in [2.45, 2.75) is 109 Å². The molecule has 1 saturated heterocycles. The molecule has 8 heteroatoms. The fourth-order valence-corrected chi connectivity index (χ4v) is 7.79. The Morgan fingerprint density at radius 3 is 2.35 bits per heavy atom. The largest absolute Gasteiger partial charge is 0.394 e. The van der Waals surface area contributed by atoms with Crippen LogP contribution in [0.25, 0.3) is 0 Å². The molecule has 11 atom stereocenters. The lowest BCUT2D eigenvalue weighted by Gasteiger charge is -2.62. The van der Waals surface area contributed by atoms with Crippen LogP contribution in [0, 0.1) is 28.1 Å². The summed E-state index contributed by atoms with van der Waals surface area (Å²) in [4.78, 5) is 0. The van der Waals surface area contributed by atoms with Gasteiger partial charge in [0, 0.05) is 5.41 Å². The molecule has 3 aliphatic carbocycles. The molecule has 0 unspecified atom stereocenters. The average Bonchev–Trinajstić information content (AvgIpc) is 2.80. The molecule has 0 radical (unpaired) electrons. The molecule has 8 nitrogen and oxygen atoms in total. The normalized spacial score (nSPS) is 49.5. The second kappa shape index (κ2) is 9.38. The number of hydrogen-bond donors (Lipinski definition) is 6. The van der Waals surface area contributed by atoms with Gasteiger partial charge in [0.05, 0.1) is 25.4 Å². The molecule has 4 aliphatic rings. The number of aliphatic hydroxyl groups is 6. The number of aliphatic hydroxyl groups excluding tert-OH is 6. The zero-order chi connectivity index (χ0) is 25.1. The van der Waals surface area contributed by atoms with Gasteiger partial charge < -0.3 is 40.1 Å². The molecule has 0 aromatic rings. The Bertz CT molecular complexity index is 768.